The van der Waals surface area contributed by atoms with Crippen LogP contribution in [-0.4, -0.2) is 66.7 Å². The quantitative estimate of drug-likeness (QED) is 0.761. The Morgan fingerprint density at radius 3 is 2.52 bits per heavy atom. The number of anilines is 1. The highest BCUT2D eigenvalue weighted by Crippen LogP contribution is 2.42. The number of rotatable bonds is 2. The van der Waals surface area contributed by atoms with Crippen LogP contribution in [0.2, 0.25) is 0 Å². The summed E-state index contributed by atoms with van der Waals surface area (Å²) in [6, 6.07) is 0.994. The monoisotopic (exact) mass is 405 g/mol. The van der Waals surface area contributed by atoms with Gasteiger partial charge in [0.15, 0.2) is 11.6 Å². The Labute approximate surface area is 167 Å². The van der Waals surface area contributed by atoms with Crippen LogP contribution in [0.3, 0.4) is 0 Å². The average Bonchev–Trinajstić information content (AvgIpc) is 2.67. The second-order valence-electron chi connectivity index (χ2n) is 7.20. The smallest absolute Gasteiger partial charge is 0.341 e. The molecule has 9 heteroatoms. The summed E-state index contributed by atoms with van der Waals surface area (Å²) in [7, 11) is 2.02. The minimum absolute atomic E-state index is 0.0434. The molecule has 0 saturated carbocycles. The van der Waals surface area contributed by atoms with Crippen molar-refractivity contribution in [2.24, 2.45) is 0 Å². The van der Waals surface area contributed by atoms with Crippen molar-refractivity contribution in [3.05, 3.63) is 33.9 Å². The molecule has 0 radical (unpaired) electrons. The number of aromatic carboxylic acids is 1. The SMILES string of the molecule is CC=O.C[C@H]1COc2c(N3CCN(C)CC3)c(F)cc3c(=O)c(C(=O)O)cn1c23. The van der Waals surface area contributed by atoms with E-state index in [0.717, 1.165) is 25.4 Å². The summed E-state index contributed by atoms with van der Waals surface area (Å²) in [6.45, 7) is 6.52. The first-order valence-electron chi connectivity index (χ1n) is 9.40. The van der Waals surface area contributed by atoms with E-state index < -0.39 is 17.2 Å². The summed E-state index contributed by atoms with van der Waals surface area (Å²) in [4.78, 5) is 36.9. The molecule has 0 spiro atoms. The third kappa shape index (κ3) is 3.69. The Balaban J connectivity index is 0.000000755. The number of pyridine rings is 1. The summed E-state index contributed by atoms with van der Waals surface area (Å²) in [6.07, 6.45) is 2.09. The molecule has 2 aliphatic heterocycles. The van der Waals surface area contributed by atoms with Crippen molar-refractivity contribution in [1.29, 1.82) is 0 Å². The second-order valence-corrected chi connectivity index (χ2v) is 7.20. The number of hydrogen-bond donors (Lipinski definition) is 1. The number of carbonyl (C=O) groups excluding carboxylic acids is 1. The average molecular weight is 405 g/mol. The van der Waals surface area contributed by atoms with Crippen molar-refractivity contribution in [2.45, 2.75) is 19.9 Å². The summed E-state index contributed by atoms with van der Waals surface area (Å²) < 4.78 is 22.6. The lowest BCUT2D eigenvalue weighted by Crippen LogP contribution is -2.45. The van der Waals surface area contributed by atoms with Crippen LogP contribution in [0.1, 0.15) is 30.2 Å². The Morgan fingerprint density at radius 1 is 1.31 bits per heavy atom. The number of nitrogens with zero attached hydrogens (tertiary/aromatic N) is 3. The van der Waals surface area contributed by atoms with Crippen LogP contribution in [0.25, 0.3) is 10.9 Å². The van der Waals surface area contributed by atoms with E-state index >= 15 is 0 Å². The van der Waals surface area contributed by atoms with Gasteiger partial charge in [0.2, 0.25) is 5.43 Å². The van der Waals surface area contributed by atoms with Crippen molar-refractivity contribution < 1.29 is 23.8 Å². The van der Waals surface area contributed by atoms with E-state index in [-0.39, 0.29) is 23.6 Å². The predicted molar refractivity (Wildman–Crippen MR) is 107 cm³/mol. The molecule has 1 N–H and O–H groups in total. The largest absolute Gasteiger partial charge is 0.487 e. The highest BCUT2D eigenvalue weighted by molar-refractivity contribution is 5.97. The van der Waals surface area contributed by atoms with Crippen LogP contribution >= 0.6 is 0 Å². The van der Waals surface area contributed by atoms with Crippen LogP contribution in [0.15, 0.2) is 17.1 Å². The Kier molecular flexibility index (Phi) is 5.88. The molecule has 8 nitrogen and oxygen atoms in total. The second kappa shape index (κ2) is 8.20. The van der Waals surface area contributed by atoms with E-state index in [1.807, 2.05) is 18.9 Å². The molecule has 1 aromatic heterocycles. The molecule has 3 heterocycles. The van der Waals surface area contributed by atoms with E-state index in [1.54, 1.807) is 4.57 Å². The number of benzene rings is 1. The molecule has 1 fully saturated rings. The molecule has 156 valence electrons. The fourth-order valence-corrected chi connectivity index (χ4v) is 3.69. The summed E-state index contributed by atoms with van der Waals surface area (Å²) in [5, 5.41) is 9.36. The van der Waals surface area contributed by atoms with Gasteiger partial charge in [0.1, 0.15) is 24.1 Å². The van der Waals surface area contributed by atoms with Crippen LogP contribution in [0, 0.1) is 5.82 Å². The minimum Gasteiger partial charge on any atom is -0.487 e. The van der Waals surface area contributed by atoms with Crippen molar-refractivity contribution in [2.75, 3.05) is 44.7 Å². The maximum atomic E-state index is 15.0. The van der Waals surface area contributed by atoms with Crippen LogP contribution in [0.5, 0.6) is 5.75 Å². The van der Waals surface area contributed by atoms with E-state index in [4.69, 9.17) is 9.53 Å². The zero-order chi connectivity index (χ0) is 21.3. The van der Waals surface area contributed by atoms with E-state index in [9.17, 15) is 19.1 Å². The third-order valence-corrected chi connectivity index (χ3v) is 5.19. The molecule has 1 aromatic carbocycles. The van der Waals surface area contributed by atoms with Crippen molar-refractivity contribution in [3.63, 3.8) is 0 Å². The summed E-state index contributed by atoms with van der Waals surface area (Å²) in [5.74, 6) is -1.54. The summed E-state index contributed by atoms with van der Waals surface area (Å²) in [5.41, 5.74) is -0.224. The maximum absolute atomic E-state index is 15.0. The third-order valence-electron chi connectivity index (χ3n) is 5.19. The van der Waals surface area contributed by atoms with Gasteiger partial charge in [0.05, 0.1) is 16.9 Å². The molecule has 0 unspecified atom stereocenters. The normalized spacial score (nSPS) is 18.6. The van der Waals surface area contributed by atoms with Gasteiger partial charge in [-0.05, 0) is 27.0 Å². The molecule has 1 saturated heterocycles. The van der Waals surface area contributed by atoms with E-state index in [2.05, 4.69) is 4.90 Å². The van der Waals surface area contributed by atoms with Gasteiger partial charge in [-0.15, -0.1) is 0 Å². The first kappa shape index (κ1) is 20.8. The Morgan fingerprint density at radius 2 is 1.93 bits per heavy atom. The number of aldehydes is 1. The number of hydrogen-bond acceptors (Lipinski definition) is 6. The number of halogens is 1. The Bertz CT molecular complexity index is 1010. The van der Waals surface area contributed by atoms with Gasteiger partial charge in [-0.3, -0.25) is 4.79 Å². The van der Waals surface area contributed by atoms with E-state index in [0.29, 0.717) is 30.0 Å². The molecular weight excluding hydrogens is 381 g/mol. The molecule has 4 rings (SSSR count). The zero-order valence-corrected chi connectivity index (χ0v) is 16.6. The number of likely N-dealkylation sites (N-methyl/N-ethyl adjacent to an activating group) is 1. The predicted octanol–water partition coefficient (Wildman–Crippen LogP) is 1.75. The fourth-order valence-electron chi connectivity index (χ4n) is 3.69. The fraction of sp³-hybridized carbons (Fsp3) is 0.450. The van der Waals surface area contributed by atoms with Crippen molar-refractivity contribution >= 4 is 28.8 Å². The first-order valence-corrected chi connectivity index (χ1v) is 9.40. The van der Waals surface area contributed by atoms with Gasteiger partial charge in [-0.2, -0.15) is 0 Å². The number of carbonyl (C=O) groups is 2. The zero-order valence-electron chi connectivity index (χ0n) is 16.6. The lowest BCUT2D eigenvalue weighted by atomic mass is 10.1. The first-order chi connectivity index (χ1) is 13.8. The standard InChI is InChI=1S/C18H20FN3O4.C2H4O/c1-10-9-26-17-14-11(16(23)12(18(24)25)8-22(10)14)7-13(19)15(17)21-5-3-20(2)4-6-21;1-2-3/h7-8,10H,3-6,9H2,1-2H3,(H,24,25);2H,1H3/t10-;/m0./s1. The molecule has 0 aliphatic carbocycles. The number of carboxylic acid groups (broad SMARTS) is 1. The van der Waals surface area contributed by atoms with Gasteiger partial charge in [0.25, 0.3) is 0 Å². The molecule has 1 atom stereocenters. The molecule has 2 aromatic rings. The van der Waals surface area contributed by atoms with Crippen LogP contribution in [0.4, 0.5) is 10.1 Å². The lowest BCUT2D eigenvalue weighted by molar-refractivity contribution is -0.106. The van der Waals surface area contributed by atoms with Crippen LogP contribution < -0.4 is 15.1 Å². The van der Waals surface area contributed by atoms with Crippen LogP contribution in [-0.2, 0) is 4.79 Å². The summed E-state index contributed by atoms with van der Waals surface area (Å²) >= 11 is 0. The van der Waals surface area contributed by atoms with Gasteiger partial charge in [0, 0.05) is 32.4 Å². The van der Waals surface area contributed by atoms with Gasteiger partial charge in [-0.25, -0.2) is 9.18 Å². The number of carboxylic acids is 1. The highest BCUT2D eigenvalue weighted by atomic mass is 19.1. The highest BCUT2D eigenvalue weighted by Gasteiger charge is 2.30. The Hall–Kier alpha value is -2.94. The van der Waals surface area contributed by atoms with Gasteiger partial charge >= 0.3 is 5.97 Å². The lowest BCUT2D eigenvalue weighted by Gasteiger charge is -2.37. The number of piperazine rings is 1. The minimum atomic E-state index is -1.32. The number of aromatic nitrogens is 1. The topological polar surface area (TPSA) is 92.1 Å². The van der Waals surface area contributed by atoms with Crippen molar-refractivity contribution in [3.8, 4) is 5.75 Å². The molecule has 0 bridgehead atoms. The number of ether oxygens (including phenoxy) is 1. The molecule has 2 aliphatic rings. The van der Waals surface area contributed by atoms with Gasteiger partial charge in [-0.1, -0.05) is 0 Å². The molecule has 0 amide bonds. The maximum Gasteiger partial charge on any atom is 0.341 e. The molecule has 29 heavy (non-hydrogen) atoms. The van der Waals surface area contributed by atoms with Crippen molar-refractivity contribution in [1.82, 2.24) is 9.47 Å². The van der Waals surface area contributed by atoms with E-state index in [1.165, 1.54) is 13.1 Å². The van der Waals surface area contributed by atoms with Gasteiger partial charge < -0.3 is 29.0 Å². The molecular formula is C20H24FN3O5.